The third-order valence-electron chi connectivity index (χ3n) is 2.56. The molecule has 0 saturated heterocycles. The minimum atomic E-state index is -1.14. The van der Waals surface area contributed by atoms with Crippen molar-refractivity contribution in [2.24, 2.45) is 0 Å². The molecule has 0 aliphatic rings. The van der Waals surface area contributed by atoms with Crippen molar-refractivity contribution in [3.8, 4) is 0 Å². The molecule has 0 fully saturated rings. The number of urea groups is 1. The van der Waals surface area contributed by atoms with E-state index in [0.29, 0.717) is 5.69 Å². The monoisotopic (exact) mass is 266 g/mol. The zero-order valence-corrected chi connectivity index (χ0v) is 11.0. The number of methoxy groups -OCH3 is 1. The molecule has 1 aromatic carbocycles. The Balaban J connectivity index is 2.55. The number of carboxylic acids is 1. The molecule has 104 valence electrons. The molecule has 19 heavy (non-hydrogen) atoms. The highest BCUT2D eigenvalue weighted by atomic mass is 16.5. The Hall–Kier alpha value is -2.08. The van der Waals surface area contributed by atoms with Crippen molar-refractivity contribution < 1.29 is 19.4 Å². The van der Waals surface area contributed by atoms with E-state index in [1.54, 1.807) is 12.1 Å². The number of aryl methyl sites for hydroxylation is 1. The van der Waals surface area contributed by atoms with Crippen LogP contribution in [0.1, 0.15) is 12.5 Å². The van der Waals surface area contributed by atoms with Crippen molar-refractivity contribution in [2.75, 3.05) is 19.0 Å². The topological polar surface area (TPSA) is 87.7 Å². The van der Waals surface area contributed by atoms with E-state index in [9.17, 15) is 9.59 Å². The van der Waals surface area contributed by atoms with Crippen molar-refractivity contribution in [2.45, 2.75) is 19.4 Å². The summed E-state index contributed by atoms with van der Waals surface area (Å²) in [5.74, 6) is -1.14. The summed E-state index contributed by atoms with van der Waals surface area (Å²) in [7, 11) is 1.37. The second-order valence-electron chi connectivity index (χ2n) is 4.00. The van der Waals surface area contributed by atoms with Gasteiger partial charge in [-0.2, -0.15) is 0 Å². The fraction of sp³-hybridized carbons (Fsp3) is 0.385. The minimum absolute atomic E-state index is 0.0858. The number of aliphatic carboxylic acids is 1. The number of anilines is 1. The van der Waals surface area contributed by atoms with Crippen molar-refractivity contribution in [3.05, 3.63) is 29.8 Å². The average Bonchev–Trinajstić information content (AvgIpc) is 2.39. The van der Waals surface area contributed by atoms with Gasteiger partial charge in [0, 0.05) is 12.8 Å². The molecule has 0 bridgehead atoms. The molecule has 6 heteroatoms. The van der Waals surface area contributed by atoms with Crippen LogP contribution < -0.4 is 10.6 Å². The number of ether oxygens (including phenoxy) is 1. The lowest BCUT2D eigenvalue weighted by molar-refractivity contribution is -0.140. The van der Waals surface area contributed by atoms with Gasteiger partial charge in [-0.3, -0.25) is 0 Å². The van der Waals surface area contributed by atoms with Crippen LogP contribution >= 0.6 is 0 Å². The Kier molecular flexibility index (Phi) is 5.81. The average molecular weight is 266 g/mol. The number of amides is 2. The first kappa shape index (κ1) is 15.0. The third kappa shape index (κ3) is 4.97. The van der Waals surface area contributed by atoms with Gasteiger partial charge in [0.2, 0.25) is 0 Å². The molecule has 0 aromatic heterocycles. The summed E-state index contributed by atoms with van der Waals surface area (Å²) < 4.78 is 4.72. The Morgan fingerprint density at radius 2 is 1.95 bits per heavy atom. The van der Waals surface area contributed by atoms with Gasteiger partial charge < -0.3 is 20.5 Å². The summed E-state index contributed by atoms with van der Waals surface area (Å²) >= 11 is 0. The first-order chi connectivity index (χ1) is 9.06. The van der Waals surface area contributed by atoms with Gasteiger partial charge in [-0.15, -0.1) is 0 Å². The molecule has 0 spiro atoms. The number of rotatable bonds is 6. The number of carbonyl (C=O) groups excluding carboxylic acids is 1. The lowest BCUT2D eigenvalue weighted by Crippen LogP contribution is -2.45. The molecule has 0 aliphatic carbocycles. The van der Waals surface area contributed by atoms with Gasteiger partial charge in [0.1, 0.15) is 0 Å². The van der Waals surface area contributed by atoms with Crippen LogP contribution in [0.25, 0.3) is 0 Å². The van der Waals surface area contributed by atoms with Crippen LogP contribution in [0.5, 0.6) is 0 Å². The van der Waals surface area contributed by atoms with Crippen molar-refractivity contribution in [1.82, 2.24) is 5.32 Å². The smallest absolute Gasteiger partial charge is 0.328 e. The predicted octanol–water partition coefficient (Wildman–Crippen LogP) is 1.47. The number of carbonyl (C=O) groups is 2. The minimum Gasteiger partial charge on any atom is -0.480 e. The molecule has 3 N–H and O–H groups in total. The number of carboxylic acid groups (broad SMARTS) is 1. The number of nitrogens with one attached hydrogen (secondary N) is 2. The molecule has 6 nitrogen and oxygen atoms in total. The molecule has 1 aromatic rings. The molecule has 0 radical (unpaired) electrons. The highest BCUT2D eigenvalue weighted by molar-refractivity contribution is 5.92. The largest absolute Gasteiger partial charge is 0.480 e. The normalized spacial score (nSPS) is 11.7. The summed E-state index contributed by atoms with van der Waals surface area (Å²) in [5, 5.41) is 13.8. The Bertz CT molecular complexity index is 431. The third-order valence-corrected chi connectivity index (χ3v) is 2.56. The molecular weight excluding hydrogens is 248 g/mol. The summed E-state index contributed by atoms with van der Waals surface area (Å²) in [6, 6.07) is 5.70. The number of benzene rings is 1. The fourth-order valence-electron chi connectivity index (χ4n) is 1.49. The van der Waals surface area contributed by atoms with Crippen molar-refractivity contribution in [1.29, 1.82) is 0 Å². The van der Waals surface area contributed by atoms with Crippen molar-refractivity contribution in [3.63, 3.8) is 0 Å². The van der Waals surface area contributed by atoms with Crippen LogP contribution in [0.4, 0.5) is 10.5 Å². The van der Waals surface area contributed by atoms with Gasteiger partial charge in [0.15, 0.2) is 6.04 Å². The molecule has 1 unspecified atom stereocenters. The van der Waals surface area contributed by atoms with Crippen LogP contribution in [-0.4, -0.2) is 36.9 Å². The standard InChI is InChI=1S/C13H18N2O4/c1-3-9-4-6-10(7-5-9)14-13(18)15-11(8-19-2)12(16)17/h4-7,11H,3,8H2,1-2H3,(H,16,17)(H2,14,15,18). The Morgan fingerprint density at radius 1 is 1.32 bits per heavy atom. The van der Waals surface area contributed by atoms with E-state index in [1.165, 1.54) is 7.11 Å². The Morgan fingerprint density at radius 3 is 2.42 bits per heavy atom. The first-order valence-corrected chi connectivity index (χ1v) is 5.95. The summed E-state index contributed by atoms with van der Waals surface area (Å²) in [6.45, 7) is 1.95. The maximum absolute atomic E-state index is 11.6. The van der Waals surface area contributed by atoms with Crippen LogP contribution in [-0.2, 0) is 16.0 Å². The highest BCUT2D eigenvalue weighted by Crippen LogP contribution is 2.09. The highest BCUT2D eigenvalue weighted by Gasteiger charge is 2.19. The SMILES string of the molecule is CCc1ccc(NC(=O)NC(COC)C(=O)O)cc1. The van der Waals surface area contributed by atoms with E-state index in [1.807, 2.05) is 19.1 Å². The number of hydrogen-bond donors (Lipinski definition) is 3. The van der Waals surface area contributed by atoms with Gasteiger partial charge in [0.25, 0.3) is 0 Å². The van der Waals surface area contributed by atoms with E-state index in [4.69, 9.17) is 9.84 Å². The van der Waals surface area contributed by atoms with Gasteiger partial charge >= 0.3 is 12.0 Å². The zero-order valence-electron chi connectivity index (χ0n) is 11.0. The van der Waals surface area contributed by atoms with Crippen LogP contribution in [0.3, 0.4) is 0 Å². The fourth-order valence-corrected chi connectivity index (χ4v) is 1.49. The molecule has 2 amide bonds. The molecular formula is C13H18N2O4. The van der Waals surface area contributed by atoms with E-state index in [2.05, 4.69) is 10.6 Å². The quantitative estimate of drug-likeness (QED) is 0.727. The first-order valence-electron chi connectivity index (χ1n) is 5.95. The lowest BCUT2D eigenvalue weighted by Gasteiger charge is -2.14. The predicted molar refractivity (Wildman–Crippen MR) is 71.3 cm³/mol. The molecule has 0 aliphatic heterocycles. The van der Waals surface area contributed by atoms with Crippen molar-refractivity contribution >= 4 is 17.7 Å². The zero-order chi connectivity index (χ0) is 14.3. The Labute approximate surface area is 111 Å². The van der Waals surface area contributed by atoms with Gasteiger partial charge in [-0.25, -0.2) is 9.59 Å². The van der Waals surface area contributed by atoms with Gasteiger partial charge in [0.05, 0.1) is 6.61 Å². The molecule has 1 rings (SSSR count). The molecule has 0 saturated carbocycles. The van der Waals surface area contributed by atoms with Gasteiger partial charge in [-0.1, -0.05) is 19.1 Å². The summed E-state index contributed by atoms with van der Waals surface area (Å²) in [6.07, 6.45) is 0.918. The van der Waals surface area contributed by atoms with E-state index >= 15 is 0 Å². The van der Waals surface area contributed by atoms with Crippen LogP contribution in [0.2, 0.25) is 0 Å². The van der Waals surface area contributed by atoms with E-state index in [-0.39, 0.29) is 6.61 Å². The second-order valence-corrected chi connectivity index (χ2v) is 4.00. The van der Waals surface area contributed by atoms with Gasteiger partial charge in [-0.05, 0) is 24.1 Å². The van der Waals surface area contributed by atoms with E-state index in [0.717, 1.165) is 12.0 Å². The van der Waals surface area contributed by atoms with Crippen LogP contribution in [0.15, 0.2) is 24.3 Å². The summed E-state index contributed by atoms with van der Waals surface area (Å²) in [4.78, 5) is 22.5. The lowest BCUT2D eigenvalue weighted by atomic mass is 10.1. The summed E-state index contributed by atoms with van der Waals surface area (Å²) in [5.41, 5.74) is 1.77. The van der Waals surface area contributed by atoms with Crippen LogP contribution in [0, 0.1) is 0 Å². The maximum Gasteiger partial charge on any atom is 0.328 e. The number of hydrogen-bond acceptors (Lipinski definition) is 3. The maximum atomic E-state index is 11.6. The molecule has 0 heterocycles. The second kappa shape index (κ2) is 7.38. The molecule has 1 atom stereocenters. The van der Waals surface area contributed by atoms with E-state index < -0.39 is 18.0 Å².